The van der Waals surface area contributed by atoms with Crippen molar-refractivity contribution >= 4 is 55.1 Å². The van der Waals surface area contributed by atoms with Gasteiger partial charge >= 0.3 is 0 Å². The SMILES string of the molecule is O=C(Nc1ccc(Cl)c(-c2ccccn2)c1)c1ccc(CBr)cc1Br. The third-order valence-electron chi connectivity index (χ3n) is 3.60. The van der Waals surface area contributed by atoms with Crippen LogP contribution in [0.2, 0.25) is 5.02 Å². The Morgan fingerprint density at radius 2 is 1.96 bits per heavy atom. The number of amides is 1. The van der Waals surface area contributed by atoms with Gasteiger partial charge in [-0.25, -0.2) is 0 Å². The van der Waals surface area contributed by atoms with E-state index in [1.165, 1.54) is 0 Å². The molecule has 3 nitrogen and oxygen atoms in total. The minimum atomic E-state index is -0.192. The molecule has 3 rings (SSSR count). The second kappa shape index (κ2) is 8.13. The average molecular weight is 481 g/mol. The van der Waals surface area contributed by atoms with E-state index in [2.05, 4.69) is 42.2 Å². The van der Waals surface area contributed by atoms with Crippen molar-refractivity contribution in [1.82, 2.24) is 4.98 Å². The van der Waals surface area contributed by atoms with E-state index >= 15 is 0 Å². The third kappa shape index (κ3) is 4.29. The maximum atomic E-state index is 12.6. The molecule has 1 amide bonds. The van der Waals surface area contributed by atoms with Crippen molar-refractivity contribution in [2.45, 2.75) is 5.33 Å². The predicted molar refractivity (Wildman–Crippen MR) is 109 cm³/mol. The van der Waals surface area contributed by atoms with Crippen LogP contribution in [0.25, 0.3) is 11.3 Å². The van der Waals surface area contributed by atoms with Gasteiger partial charge in [-0.05, 0) is 64.0 Å². The standard InChI is InChI=1S/C19H13Br2ClN2O/c20-11-12-4-6-14(16(21)9-12)19(25)24-13-5-7-17(22)15(10-13)18-3-1-2-8-23-18/h1-10H,11H2,(H,24,25). The van der Waals surface area contributed by atoms with E-state index in [0.29, 0.717) is 16.3 Å². The summed E-state index contributed by atoms with van der Waals surface area (Å²) in [5.74, 6) is -0.192. The van der Waals surface area contributed by atoms with Crippen molar-refractivity contribution in [3.8, 4) is 11.3 Å². The Labute approximate surface area is 167 Å². The van der Waals surface area contributed by atoms with Crippen LogP contribution in [0, 0.1) is 0 Å². The molecule has 0 unspecified atom stereocenters. The molecule has 25 heavy (non-hydrogen) atoms. The number of carbonyl (C=O) groups is 1. The summed E-state index contributed by atoms with van der Waals surface area (Å²) in [6.07, 6.45) is 1.71. The van der Waals surface area contributed by atoms with Crippen molar-refractivity contribution in [2.24, 2.45) is 0 Å². The van der Waals surface area contributed by atoms with Crippen LogP contribution in [-0.2, 0) is 5.33 Å². The third-order valence-corrected chi connectivity index (χ3v) is 5.23. The highest BCUT2D eigenvalue weighted by Gasteiger charge is 2.12. The molecule has 3 aromatic rings. The zero-order valence-corrected chi connectivity index (χ0v) is 16.9. The Hall–Kier alpha value is -1.69. The number of carbonyl (C=O) groups excluding carboxylic acids is 1. The Bertz CT molecular complexity index is 917. The van der Waals surface area contributed by atoms with Crippen LogP contribution >= 0.6 is 43.5 Å². The van der Waals surface area contributed by atoms with Gasteiger partial charge in [-0.3, -0.25) is 9.78 Å². The number of pyridine rings is 1. The molecule has 1 N–H and O–H groups in total. The number of hydrogen-bond donors (Lipinski definition) is 1. The van der Waals surface area contributed by atoms with Gasteiger partial charge in [0.15, 0.2) is 0 Å². The molecule has 126 valence electrons. The number of rotatable bonds is 4. The van der Waals surface area contributed by atoms with Gasteiger partial charge in [-0.1, -0.05) is 39.7 Å². The monoisotopic (exact) mass is 478 g/mol. The molecule has 0 atom stereocenters. The summed E-state index contributed by atoms with van der Waals surface area (Å²) in [6, 6.07) is 16.6. The highest BCUT2D eigenvalue weighted by molar-refractivity contribution is 9.10. The molecule has 0 spiro atoms. The zero-order valence-electron chi connectivity index (χ0n) is 13.0. The number of hydrogen-bond acceptors (Lipinski definition) is 2. The van der Waals surface area contributed by atoms with E-state index in [0.717, 1.165) is 26.6 Å². The Kier molecular flexibility index (Phi) is 5.89. The molecule has 0 radical (unpaired) electrons. The number of halogens is 3. The molecule has 0 aliphatic carbocycles. The van der Waals surface area contributed by atoms with E-state index in [1.54, 1.807) is 24.4 Å². The van der Waals surface area contributed by atoms with E-state index in [-0.39, 0.29) is 5.91 Å². The lowest BCUT2D eigenvalue weighted by Gasteiger charge is -2.10. The van der Waals surface area contributed by atoms with Gasteiger partial charge in [0.2, 0.25) is 0 Å². The minimum Gasteiger partial charge on any atom is -0.322 e. The van der Waals surface area contributed by atoms with Crippen molar-refractivity contribution in [2.75, 3.05) is 5.32 Å². The van der Waals surface area contributed by atoms with Crippen LogP contribution in [0.15, 0.2) is 65.3 Å². The molecule has 0 saturated heterocycles. The van der Waals surface area contributed by atoms with Crippen molar-refractivity contribution < 1.29 is 4.79 Å². The highest BCUT2D eigenvalue weighted by Crippen LogP contribution is 2.29. The smallest absolute Gasteiger partial charge is 0.256 e. The van der Waals surface area contributed by atoms with Crippen LogP contribution < -0.4 is 5.32 Å². The molecular weight excluding hydrogens is 467 g/mol. The lowest BCUT2D eigenvalue weighted by atomic mass is 10.1. The van der Waals surface area contributed by atoms with E-state index in [4.69, 9.17) is 11.6 Å². The molecule has 6 heteroatoms. The lowest BCUT2D eigenvalue weighted by molar-refractivity contribution is 0.102. The van der Waals surface area contributed by atoms with Gasteiger partial charge in [0.05, 0.1) is 16.3 Å². The predicted octanol–water partition coefficient (Wildman–Crippen LogP) is 6.31. The van der Waals surface area contributed by atoms with Crippen molar-refractivity contribution in [1.29, 1.82) is 0 Å². The molecule has 0 bridgehead atoms. The fourth-order valence-corrected chi connectivity index (χ4v) is 3.52. The molecule has 1 aromatic heterocycles. The Morgan fingerprint density at radius 3 is 2.64 bits per heavy atom. The van der Waals surface area contributed by atoms with Gasteiger partial charge in [0.25, 0.3) is 5.91 Å². The summed E-state index contributed by atoms with van der Waals surface area (Å²) in [7, 11) is 0. The van der Waals surface area contributed by atoms with Crippen molar-refractivity contribution in [3.63, 3.8) is 0 Å². The summed E-state index contributed by atoms with van der Waals surface area (Å²) in [5, 5.41) is 4.22. The Balaban J connectivity index is 1.87. The number of nitrogens with zero attached hydrogens (tertiary/aromatic N) is 1. The summed E-state index contributed by atoms with van der Waals surface area (Å²) in [5.41, 5.74) is 3.85. The number of nitrogens with one attached hydrogen (secondary N) is 1. The summed E-state index contributed by atoms with van der Waals surface area (Å²) < 4.78 is 0.751. The van der Waals surface area contributed by atoms with E-state index < -0.39 is 0 Å². The molecular formula is C19H13Br2ClN2O. The van der Waals surface area contributed by atoms with Gasteiger partial charge in [-0.15, -0.1) is 0 Å². The molecule has 2 aromatic carbocycles. The first-order valence-electron chi connectivity index (χ1n) is 7.45. The first-order chi connectivity index (χ1) is 12.1. The average Bonchev–Trinajstić information content (AvgIpc) is 2.63. The number of alkyl halides is 1. The van der Waals surface area contributed by atoms with Crippen LogP contribution in [0.5, 0.6) is 0 Å². The highest BCUT2D eigenvalue weighted by atomic mass is 79.9. The number of aromatic nitrogens is 1. The first kappa shape index (κ1) is 18.1. The second-order valence-electron chi connectivity index (χ2n) is 5.31. The van der Waals surface area contributed by atoms with Crippen LogP contribution in [0.4, 0.5) is 5.69 Å². The van der Waals surface area contributed by atoms with Gasteiger partial charge in [0.1, 0.15) is 0 Å². The number of anilines is 1. The quantitative estimate of drug-likeness (QED) is 0.445. The van der Waals surface area contributed by atoms with Gasteiger partial charge < -0.3 is 5.32 Å². The van der Waals surface area contributed by atoms with Gasteiger partial charge in [-0.2, -0.15) is 0 Å². The topological polar surface area (TPSA) is 42.0 Å². The minimum absolute atomic E-state index is 0.192. The van der Waals surface area contributed by atoms with Crippen molar-refractivity contribution in [3.05, 3.63) is 81.4 Å². The summed E-state index contributed by atoms with van der Waals surface area (Å²) in [6.45, 7) is 0. The van der Waals surface area contributed by atoms with Crippen LogP contribution in [0.1, 0.15) is 15.9 Å². The molecule has 1 heterocycles. The summed E-state index contributed by atoms with van der Waals surface area (Å²) >= 11 is 13.1. The molecule has 0 aliphatic heterocycles. The zero-order chi connectivity index (χ0) is 17.8. The lowest BCUT2D eigenvalue weighted by Crippen LogP contribution is -2.12. The first-order valence-corrected chi connectivity index (χ1v) is 9.74. The van der Waals surface area contributed by atoms with E-state index in [1.807, 2.05) is 36.4 Å². The summed E-state index contributed by atoms with van der Waals surface area (Å²) in [4.78, 5) is 16.9. The normalized spacial score (nSPS) is 10.5. The maximum Gasteiger partial charge on any atom is 0.256 e. The van der Waals surface area contributed by atoms with Crippen LogP contribution in [-0.4, -0.2) is 10.9 Å². The maximum absolute atomic E-state index is 12.6. The number of benzene rings is 2. The molecule has 0 fully saturated rings. The molecule has 0 saturated carbocycles. The van der Waals surface area contributed by atoms with E-state index in [9.17, 15) is 4.79 Å². The molecule has 0 aliphatic rings. The van der Waals surface area contributed by atoms with Crippen LogP contribution in [0.3, 0.4) is 0 Å². The largest absolute Gasteiger partial charge is 0.322 e. The van der Waals surface area contributed by atoms with Gasteiger partial charge in [0, 0.05) is 27.3 Å². The fraction of sp³-hybridized carbons (Fsp3) is 0.0526. The Morgan fingerprint density at radius 1 is 1.12 bits per heavy atom. The fourth-order valence-electron chi connectivity index (χ4n) is 2.35. The second-order valence-corrected chi connectivity index (χ2v) is 7.13.